The van der Waals surface area contributed by atoms with Crippen molar-refractivity contribution in [1.29, 1.82) is 0 Å². The molecule has 94 heavy (non-hydrogen) atoms. The molecule has 10 rings (SSSR count). The van der Waals surface area contributed by atoms with Gasteiger partial charge in [0, 0.05) is 0 Å². The van der Waals surface area contributed by atoms with E-state index < -0.39 is 295 Å². The van der Waals surface area contributed by atoms with Crippen molar-refractivity contribution in [2.24, 2.45) is 0 Å². The average Bonchev–Trinajstić information content (AvgIpc) is 1.49. The minimum absolute atomic E-state index is 0.349. The van der Waals surface area contributed by atoms with E-state index in [-0.39, 0.29) is 24.3 Å². The van der Waals surface area contributed by atoms with Gasteiger partial charge in [0.1, 0.15) is 23.3 Å². The smallest absolute Gasteiger partial charge is 0.212 e. The Balaban J connectivity index is 0.000000250. The van der Waals surface area contributed by atoms with Gasteiger partial charge in [-0.25, -0.2) is 132 Å². The van der Waals surface area contributed by atoms with Crippen LogP contribution in [-0.2, 0) is 0 Å². The van der Waals surface area contributed by atoms with E-state index in [9.17, 15) is 105 Å². The molecule has 0 saturated heterocycles. The first-order valence-electron chi connectivity index (χ1n) is 23.8. The second kappa shape index (κ2) is 24.0. The lowest BCUT2D eigenvalue weighted by atomic mass is 10.0. The normalized spacial score (nSPS) is 18.6. The molecular formula is C52H10AlF40P. The topological polar surface area (TPSA) is 0 Å². The SMILES string of the molecule is FC(F)(F)C(F)(F)[PH2+]C(F)(F)C(F)(F)F.FC1=C(F)[CH]([Al-]([CH]2C(F)=C(F)c3c2cc(F)c(F)c3F)([CH]2C(F)=C(F)c3c2cc(F)c(F)c3F)[CH]2C(F)=C(F)c3c2cc(F)c(F)c3F)c2cc(F)c(F)c(F)c21.Fc1c(F)c(F)c(-c2c(F)c(F)c(F)c(F)c2F)c(F)c1F. The Morgan fingerprint density at radius 3 is 0.553 bits per heavy atom. The van der Waals surface area contributed by atoms with Crippen molar-refractivity contribution in [3.8, 4) is 11.1 Å². The van der Waals surface area contributed by atoms with Crippen molar-refractivity contribution in [3.63, 3.8) is 0 Å². The highest BCUT2D eigenvalue weighted by atomic mass is 31.1. The maximum atomic E-state index is 17.0. The van der Waals surface area contributed by atoms with E-state index >= 15 is 70.2 Å². The van der Waals surface area contributed by atoms with Gasteiger partial charge in [-0.2, -0.15) is 43.9 Å². The molecule has 0 amide bonds. The summed E-state index contributed by atoms with van der Waals surface area (Å²) in [7, 11) is -4.49. The molecule has 4 aliphatic carbocycles. The Kier molecular flexibility index (Phi) is 18.4. The Morgan fingerprint density at radius 1 is 0.223 bits per heavy atom. The number of rotatable bonds is 7. The average molecular weight is 1450 g/mol. The van der Waals surface area contributed by atoms with Crippen LogP contribution in [0.2, 0.25) is 0 Å². The Morgan fingerprint density at radius 2 is 0.383 bits per heavy atom. The van der Waals surface area contributed by atoms with E-state index in [0.717, 1.165) is 0 Å². The van der Waals surface area contributed by atoms with Crippen molar-refractivity contribution in [2.75, 3.05) is 0 Å². The van der Waals surface area contributed by atoms with Gasteiger partial charge < -0.3 is 0 Å². The van der Waals surface area contributed by atoms with E-state index in [1.165, 1.54) is 0 Å². The fraction of sp³-hybridized carbons (Fsp3) is 0.154. The first-order valence-corrected chi connectivity index (χ1v) is 27.7. The second-order valence-corrected chi connectivity index (χ2v) is 26.5. The Hall–Kier alpha value is -7.56. The maximum Gasteiger partial charge on any atom is 0.493 e. The van der Waals surface area contributed by atoms with Crippen LogP contribution in [0.1, 0.15) is 63.6 Å². The monoisotopic (exact) mass is 1450 g/mol. The quantitative estimate of drug-likeness (QED) is 0.0491. The molecule has 0 bridgehead atoms. The van der Waals surface area contributed by atoms with Crippen LogP contribution in [-0.4, -0.2) is 36.8 Å². The van der Waals surface area contributed by atoms with Gasteiger partial charge in [0.05, 0.1) is 33.4 Å². The molecule has 6 aromatic rings. The molecule has 42 heteroatoms. The van der Waals surface area contributed by atoms with Crippen LogP contribution in [0, 0.1) is 128 Å². The molecule has 0 saturated carbocycles. The fourth-order valence-electron chi connectivity index (χ4n) is 11.3. The van der Waals surface area contributed by atoms with Crippen molar-refractivity contribution >= 4 is 45.0 Å². The summed E-state index contributed by atoms with van der Waals surface area (Å²) >= 11 is -7.79. The summed E-state index contributed by atoms with van der Waals surface area (Å²) in [5, 5.41) is 0. The number of fused-ring (bicyclic) bond motifs is 4. The van der Waals surface area contributed by atoms with Gasteiger partial charge in [-0.15, -0.1) is 0 Å². The molecule has 0 radical (unpaired) electrons. The predicted molar refractivity (Wildman–Crippen MR) is 242 cm³/mol. The van der Waals surface area contributed by atoms with E-state index in [4.69, 9.17) is 0 Å². The number of alkyl halides is 10. The summed E-state index contributed by atoms with van der Waals surface area (Å²) in [6, 6.07) is -1.40. The van der Waals surface area contributed by atoms with Crippen LogP contribution in [0.3, 0.4) is 0 Å². The van der Waals surface area contributed by atoms with Crippen LogP contribution in [0.4, 0.5) is 176 Å². The summed E-state index contributed by atoms with van der Waals surface area (Å²) in [6.45, 7) is 0. The van der Waals surface area contributed by atoms with Crippen LogP contribution in [0.25, 0.3) is 34.4 Å². The van der Waals surface area contributed by atoms with Crippen molar-refractivity contribution < 1.29 is 176 Å². The highest BCUT2D eigenvalue weighted by molar-refractivity contribution is 7.41. The summed E-state index contributed by atoms with van der Waals surface area (Å²) in [4.78, 5) is 0. The summed E-state index contributed by atoms with van der Waals surface area (Å²) in [6.07, 6.45) is -12.8. The Labute approximate surface area is 493 Å². The van der Waals surface area contributed by atoms with Gasteiger partial charge in [-0.3, -0.25) is 0 Å². The summed E-state index contributed by atoms with van der Waals surface area (Å²) in [5.41, 5.74) is -31.7. The van der Waals surface area contributed by atoms with Crippen LogP contribution in [0.15, 0.2) is 47.6 Å². The Bertz CT molecular complexity index is 3900. The summed E-state index contributed by atoms with van der Waals surface area (Å²) in [5.74, 6) is -79.3. The van der Waals surface area contributed by atoms with Gasteiger partial charge in [-0.05, 0) is 24.3 Å². The number of benzene rings is 6. The molecule has 0 spiro atoms. The van der Waals surface area contributed by atoms with E-state index in [1.54, 1.807) is 0 Å². The first kappa shape index (κ1) is 72.3. The lowest BCUT2D eigenvalue weighted by Gasteiger charge is -2.54. The zero-order valence-corrected chi connectivity index (χ0v) is 45.2. The van der Waals surface area contributed by atoms with Gasteiger partial charge >= 0.3 is 23.7 Å². The number of allylic oxidation sites excluding steroid dienone is 4. The number of halogens is 40. The minimum atomic E-state index is -7.79. The zero-order valence-electron chi connectivity index (χ0n) is 42.9. The number of hydrogen-bond donors (Lipinski definition) is 0. The van der Waals surface area contributed by atoms with E-state index in [0.29, 0.717) is 0 Å². The fourth-order valence-corrected chi connectivity index (χ4v) is 20.6. The van der Waals surface area contributed by atoms with Gasteiger partial charge in [0.15, 0.2) is 148 Å². The molecule has 6 aromatic carbocycles. The summed E-state index contributed by atoms with van der Waals surface area (Å²) < 4.78 is 544. The van der Waals surface area contributed by atoms with Crippen molar-refractivity contribution in [3.05, 3.63) is 220 Å². The van der Waals surface area contributed by atoms with Gasteiger partial charge in [-0.1, -0.05) is 41.4 Å². The van der Waals surface area contributed by atoms with Crippen molar-refractivity contribution in [1.82, 2.24) is 0 Å². The molecule has 0 N–H and O–H groups in total. The molecule has 0 aliphatic heterocycles. The predicted octanol–water partition coefficient (Wildman–Crippen LogP) is 21.3. The lowest BCUT2D eigenvalue weighted by Crippen LogP contribution is -2.58. The third-order valence-electron chi connectivity index (χ3n) is 15.0. The number of hydrogen-bond acceptors (Lipinski definition) is 0. The van der Waals surface area contributed by atoms with Crippen molar-refractivity contribution in [2.45, 2.75) is 42.8 Å². The lowest BCUT2D eigenvalue weighted by molar-refractivity contribution is -0.259. The second-order valence-electron chi connectivity index (χ2n) is 19.8. The third kappa shape index (κ3) is 10.5. The largest absolute Gasteiger partial charge is 0.493 e. The van der Waals surface area contributed by atoms with Gasteiger partial charge in [0.2, 0.25) is 24.7 Å². The molecule has 4 unspecified atom stereocenters. The molecule has 506 valence electrons. The molecule has 0 fully saturated rings. The van der Waals surface area contributed by atoms with Crippen LogP contribution < -0.4 is 0 Å². The van der Waals surface area contributed by atoms with Gasteiger partial charge in [0.25, 0.3) is 0 Å². The molecule has 4 aliphatic rings. The molecule has 4 atom stereocenters. The van der Waals surface area contributed by atoms with E-state index in [1.807, 2.05) is 0 Å². The highest BCUT2D eigenvalue weighted by Gasteiger charge is 2.75. The maximum absolute atomic E-state index is 17.0. The van der Waals surface area contributed by atoms with Crippen LogP contribution >= 0.6 is 8.58 Å². The zero-order chi connectivity index (χ0) is 71.4. The molecule has 0 heterocycles. The first-order chi connectivity index (χ1) is 42.9. The van der Waals surface area contributed by atoms with Crippen LogP contribution in [0.5, 0.6) is 0 Å². The molecule has 0 aromatic heterocycles. The molecule has 0 nitrogen and oxygen atoms in total. The van der Waals surface area contributed by atoms with E-state index in [2.05, 4.69) is 0 Å². The standard InChI is InChI=1S/C12F10.4C9H2F5.C4HF10P.Al/c13-3-1(4(14)8(18)11(21)7(3)17)2-5(15)9(19)12(22)10(20)6(2)16;4*10-4-1-3-2-5(11)8(13)9(14)6(3)7(4)12;5-1(6,7)3(11,12)15-4(13,14)2(8,9)10;/h;4*1-2H;15H;/q;;;;;;-1/p+1. The highest BCUT2D eigenvalue weighted by Crippen LogP contribution is 2.71. The molecular weight excluding hydrogens is 1440 g/mol. The third-order valence-corrected chi connectivity index (χ3v) is 23.6. The minimum Gasteiger partial charge on any atom is -0.212 e.